The second-order valence-corrected chi connectivity index (χ2v) is 4.41. The molecular formula is C11H15NO6. The van der Waals surface area contributed by atoms with E-state index in [1.165, 1.54) is 18.7 Å². The van der Waals surface area contributed by atoms with Crippen molar-refractivity contribution in [2.45, 2.75) is 38.5 Å². The highest BCUT2D eigenvalue weighted by atomic mass is 16.6. The zero-order valence-electron chi connectivity index (χ0n) is 10.3. The molecule has 100 valence electrons. The molecule has 2 heterocycles. The normalized spacial score (nSPS) is 30.4. The SMILES string of the molecule is CC(=O)O[C@@H]1C[C@H]2COC(=O)N2C[C@H]1OC(C)=O. The molecule has 0 unspecified atom stereocenters. The van der Waals surface area contributed by atoms with Crippen LogP contribution in [0.5, 0.6) is 0 Å². The molecule has 2 aliphatic heterocycles. The summed E-state index contributed by atoms with van der Waals surface area (Å²) in [6.07, 6.45) is -1.16. The largest absolute Gasteiger partial charge is 0.458 e. The number of cyclic esters (lactones) is 1. The summed E-state index contributed by atoms with van der Waals surface area (Å²) in [4.78, 5) is 35.0. The number of rotatable bonds is 2. The van der Waals surface area contributed by atoms with Crippen molar-refractivity contribution in [3.8, 4) is 0 Å². The molecule has 0 aliphatic carbocycles. The Morgan fingerprint density at radius 2 is 1.83 bits per heavy atom. The predicted molar refractivity (Wildman–Crippen MR) is 57.6 cm³/mol. The quantitative estimate of drug-likeness (QED) is 0.514. The number of piperidine rings is 1. The van der Waals surface area contributed by atoms with Crippen LogP contribution in [0.2, 0.25) is 0 Å². The van der Waals surface area contributed by atoms with Gasteiger partial charge in [0.15, 0.2) is 6.10 Å². The molecule has 0 spiro atoms. The van der Waals surface area contributed by atoms with E-state index in [-0.39, 0.29) is 19.2 Å². The zero-order valence-corrected chi connectivity index (χ0v) is 10.3. The van der Waals surface area contributed by atoms with Gasteiger partial charge >= 0.3 is 18.0 Å². The summed E-state index contributed by atoms with van der Waals surface area (Å²) >= 11 is 0. The van der Waals surface area contributed by atoms with E-state index in [0.29, 0.717) is 6.42 Å². The lowest BCUT2D eigenvalue weighted by Crippen LogP contribution is -2.54. The van der Waals surface area contributed by atoms with Crippen molar-refractivity contribution < 1.29 is 28.6 Å². The first kappa shape index (κ1) is 12.7. The fourth-order valence-corrected chi connectivity index (χ4v) is 2.30. The highest BCUT2D eigenvalue weighted by molar-refractivity contribution is 5.71. The Morgan fingerprint density at radius 3 is 2.44 bits per heavy atom. The topological polar surface area (TPSA) is 82.1 Å². The number of amides is 1. The van der Waals surface area contributed by atoms with E-state index in [1.807, 2.05) is 0 Å². The zero-order chi connectivity index (χ0) is 13.3. The van der Waals surface area contributed by atoms with Crippen molar-refractivity contribution in [2.75, 3.05) is 13.2 Å². The third-order valence-electron chi connectivity index (χ3n) is 3.00. The summed E-state index contributed by atoms with van der Waals surface area (Å²) in [5.74, 6) is -0.904. The lowest BCUT2D eigenvalue weighted by Gasteiger charge is -2.37. The van der Waals surface area contributed by atoms with E-state index in [0.717, 1.165) is 0 Å². The van der Waals surface area contributed by atoms with Gasteiger partial charge in [-0.3, -0.25) is 14.5 Å². The highest BCUT2D eigenvalue weighted by Crippen LogP contribution is 2.27. The molecule has 18 heavy (non-hydrogen) atoms. The molecule has 2 fully saturated rings. The standard InChI is InChI=1S/C11H15NO6/c1-6(13)17-9-3-8-5-16-11(15)12(8)4-10(9)18-7(2)14/h8-10H,3-5H2,1-2H3/t8-,9+,10+/m0/s1. The maximum atomic E-state index is 11.4. The highest BCUT2D eigenvalue weighted by Gasteiger charge is 2.45. The maximum absolute atomic E-state index is 11.4. The van der Waals surface area contributed by atoms with Gasteiger partial charge in [-0.2, -0.15) is 0 Å². The molecule has 2 rings (SSSR count). The van der Waals surface area contributed by atoms with E-state index in [4.69, 9.17) is 14.2 Å². The van der Waals surface area contributed by atoms with Gasteiger partial charge in [-0.05, 0) is 0 Å². The van der Waals surface area contributed by atoms with Gasteiger partial charge < -0.3 is 14.2 Å². The Bertz CT molecular complexity index is 382. The van der Waals surface area contributed by atoms with Crippen LogP contribution in [0.15, 0.2) is 0 Å². The molecule has 0 aromatic rings. The molecule has 2 aliphatic rings. The second-order valence-electron chi connectivity index (χ2n) is 4.41. The molecule has 1 amide bonds. The lowest BCUT2D eigenvalue weighted by molar-refractivity contribution is -0.171. The Hall–Kier alpha value is -1.79. The summed E-state index contributed by atoms with van der Waals surface area (Å²) in [5.41, 5.74) is 0. The van der Waals surface area contributed by atoms with E-state index < -0.39 is 30.2 Å². The first-order valence-corrected chi connectivity index (χ1v) is 5.75. The van der Waals surface area contributed by atoms with Crippen LogP contribution in [-0.2, 0) is 23.8 Å². The Morgan fingerprint density at radius 1 is 1.22 bits per heavy atom. The van der Waals surface area contributed by atoms with Crippen molar-refractivity contribution in [2.24, 2.45) is 0 Å². The Kier molecular flexibility index (Phi) is 3.40. The number of ether oxygens (including phenoxy) is 3. The van der Waals surface area contributed by atoms with Crippen LogP contribution in [0.1, 0.15) is 20.3 Å². The fourth-order valence-electron chi connectivity index (χ4n) is 2.30. The van der Waals surface area contributed by atoms with E-state index in [9.17, 15) is 14.4 Å². The molecule has 0 radical (unpaired) electrons. The lowest BCUT2D eigenvalue weighted by atomic mass is 9.98. The number of nitrogens with zero attached hydrogens (tertiary/aromatic N) is 1. The minimum Gasteiger partial charge on any atom is -0.458 e. The first-order chi connectivity index (χ1) is 8.47. The number of carbonyl (C=O) groups is 3. The van der Waals surface area contributed by atoms with Crippen LogP contribution in [0.3, 0.4) is 0 Å². The van der Waals surface area contributed by atoms with Crippen molar-refractivity contribution >= 4 is 18.0 Å². The molecule has 7 nitrogen and oxygen atoms in total. The smallest absolute Gasteiger partial charge is 0.410 e. The van der Waals surface area contributed by atoms with Crippen molar-refractivity contribution in [1.29, 1.82) is 0 Å². The molecule has 0 saturated carbocycles. The number of carbonyl (C=O) groups excluding carboxylic acids is 3. The van der Waals surface area contributed by atoms with Crippen LogP contribution in [0.25, 0.3) is 0 Å². The average molecular weight is 257 g/mol. The molecular weight excluding hydrogens is 242 g/mol. The minimum absolute atomic E-state index is 0.117. The number of esters is 2. The Labute approximate surface area is 104 Å². The van der Waals surface area contributed by atoms with Crippen LogP contribution in [0, 0.1) is 0 Å². The van der Waals surface area contributed by atoms with Gasteiger partial charge in [-0.15, -0.1) is 0 Å². The predicted octanol–water partition coefficient (Wildman–Crippen LogP) is 0.0743. The monoisotopic (exact) mass is 257 g/mol. The molecule has 2 saturated heterocycles. The van der Waals surface area contributed by atoms with E-state index >= 15 is 0 Å². The summed E-state index contributed by atoms with van der Waals surface area (Å²) in [5, 5.41) is 0. The van der Waals surface area contributed by atoms with Gasteiger partial charge in [0.2, 0.25) is 0 Å². The van der Waals surface area contributed by atoms with Gasteiger partial charge in [-0.1, -0.05) is 0 Å². The number of fused-ring (bicyclic) bond motifs is 1. The third kappa shape index (κ3) is 2.55. The molecule has 0 aromatic heterocycles. The van der Waals surface area contributed by atoms with Gasteiger partial charge in [0.25, 0.3) is 0 Å². The molecule has 0 N–H and O–H groups in total. The molecule has 3 atom stereocenters. The van der Waals surface area contributed by atoms with Crippen molar-refractivity contribution in [3.05, 3.63) is 0 Å². The van der Waals surface area contributed by atoms with Gasteiger partial charge in [-0.25, -0.2) is 4.79 Å². The molecule has 0 bridgehead atoms. The van der Waals surface area contributed by atoms with Crippen LogP contribution >= 0.6 is 0 Å². The summed E-state index contributed by atoms with van der Waals surface area (Å²) in [7, 11) is 0. The van der Waals surface area contributed by atoms with Gasteiger partial charge in [0, 0.05) is 20.3 Å². The van der Waals surface area contributed by atoms with Crippen LogP contribution < -0.4 is 0 Å². The second kappa shape index (κ2) is 4.83. The third-order valence-corrected chi connectivity index (χ3v) is 3.00. The maximum Gasteiger partial charge on any atom is 0.410 e. The summed E-state index contributed by atoms with van der Waals surface area (Å²) in [6.45, 7) is 3.05. The molecule has 0 aromatic carbocycles. The average Bonchev–Trinajstić information content (AvgIpc) is 2.59. The minimum atomic E-state index is -0.631. The fraction of sp³-hybridized carbons (Fsp3) is 0.727. The Balaban J connectivity index is 2.09. The van der Waals surface area contributed by atoms with E-state index in [2.05, 4.69) is 0 Å². The number of hydrogen-bond acceptors (Lipinski definition) is 6. The first-order valence-electron chi connectivity index (χ1n) is 5.75. The van der Waals surface area contributed by atoms with Crippen LogP contribution in [-0.4, -0.2) is 54.3 Å². The van der Waals surface area contributed by atoms with Crippen molar-refractivity contribution in [1.82, 2.24) is 4.90 Å². The van der Waals surface area contributed by atoms with Gasteiger partial charge in [0.1, 0.15) is 12.7 Å². The summed E-state index contributed by atoms with van der Waals surface area (Å²) in [6, 6.07) is -0.117. The van der Waals surface area contributed by atoms with Crippen molar-refractivity contribution in [3.63, 3.8) is 0 Å². The number of hydrogen-bond donors (Lipinski definition) is 0. The summed E-state index contributed by atoms with van der Waals surface area (Å²) < 4.78 is 15.1. The van der Waals surface area contributed by atoms with E-state index in [1.54, 1.807) is 0 Å². The van der Waals surface area contributed by atoms with Crippen LogP contribution in [0.4, 0.5) is 4.79 Å². The van der Waals surface area contributed by atoms with Gasteiger partial charge in [0.05, 0.1) is 12.6 Å². The molecule has 7 heteroatoms.